The third-order valence-electron chi connectivity index (χ3n) is 6.84. The van der Waals surface area contributed by atoms with E-state index in [1.165, 1.54) is 19.2 Å². The monoisotopic (exact) mass is 595 g/mol. The Morgan fingerprint density at radius 3 is 2.52 bits per heavy atom. The third-order valence-corrected chi connectivity index (χ3v) is 8.94. The van der Waals surface area contributed by atoms with Crippen LogP contribution in [0.4, 0.5) is 23.2 Å². The van der Waals surface area contributed by atoms with Crippen LogP contribution in [0.25, 0.3) is 11.6 Å². The second-order valence-corrected chi connectivity index (χ2v) is 11.8. The number of allylic oxidation sites excluding steroid dienone is 1. The zero-order chi connectivity index (χ0) is 29.2. The number of anilines is 1. The number of esters is 1. The fourth-order valence-electron chi connectivity index (χ4n) is 4.68. The first-order valence-electron chi connectivity index (χ1n) is 12.3. The van der Waals surface area contributed by atoms with Gasteiger partial charge in [-0.2, -0.15) is 13.2 Å². The minimum atomic E-state index is -4.72. The Hall–Kier alpha value is -3.37. The first-order valence-corrected chi connectivity index (χ1v) is 14.2. The van der Waals surface area contributed by atoms with Crippen molar-refractivity contribution in [2.75, 3.05) is 18.0 Å². The van der Waals surface area contributed by atoms with Crippen LogP contribution in [0.5, 0.6) is 0 Å². The largest absolute Gasteiger partial charge is 0.469 e. The molecule has 0 saturated heterocycles. The fraction of sp³-hybridized carbons (Fsp3) is 0.276. The van der Waals surface area contributed by atoms with Gasteiger partial charge in [0.2, 0.25) is 0 Å². The van der Waals surface area contributed by atoms with E-state index in [0.717, 1.165) is 22.5 Å². The van der Waals surface area contributed by atoms with Gasteiger partial charge in [0.05, 0.1) is 28.3 Å². The van der Waals surface area contributed by atoms with Crippen LogP contribution in [0.1, 0.15) is 42.0 Å². The highest BCUT2D eigenvalue weighted by Gasteiger charge is 2.36. The first kappa shape index (κ1) is 29.6. The van der Waals surface area contributed by atoms with Gasteiger partial charge in [-0.25, -0.2) is 12.8 Å². The molecule has 1 atom stereocenters. The van der Waals surface area contributed by atoms with Crippen molar-refractivity contribution in [3.05, 3.63) is 93.8 Å². The summed E-state index contributed by atoms with van der Waals surface area (Å²) < 4.78 is 88.0. The predicted octanol–water partition coefficient (Wildman–Crippen LogP) is 7.38. The number of sulfonamides is 1. The molecule has 0 saturated carbocycles. The van der Waals surface area contributed by atoms with Crippen molar-refractivity contribution in [1.29, 1.82) is 0 Å². The molecule has 3 aromatic rings. The molecule has 4 rings (SSSR count). The van der Waals surface area contributed by atoms with Crippen LogP contribution < -0.4 is 4.31 Å². The first-order chi connectivity index (χ1) is 18.8. The summed E-state index contributed by atoms with van der Waals surface area (Å²) in [6.07, 6.45) is -2.34. The molecule has 1 unspecified atom stereocenters. The molecule has 0 fully saturated rings. The molecule has 0 radical (unpaired) electrons. The molecular weight excluding hydrogens is 570 g/mol. The molecule has 3 aromatic carbocycles. The predicted molar refractivity (Wildman–Crippen MR) is 146 cm³/mol. The molecule has 1 heterocycles. The highest BCUT2D eigenvalue weighted by Crippen LogP contribution is 2.39. The number of carbonyl (C=O) groups excluding carboxylic acids is 1. The molecule has 0 N–H and O–H groups in total. The third kappa shape index (κ3) is 6.33. The summed E-state index contributed by atoms with van der Waals surface area (Å²) in [5, 5.41) is 0.208. The van der Waals surface area contributed by atoms with E-state index in [1.54, 1.807) is 37.3 Å². The summed E-state index contributed by atoms with van der Waals surface area (Å²) in [6, 6.07) is 13.0. The quantitative estimate of drug-likeness (QED) is 0.162. The van der Waals surface area contributed by atoms with Gasteiger partial charge in [-0.3, -0.25) is 9.10 Å². The second kappa shape index (κ2) is 11.6. The Bertz CT molecular complexity index is 1550. The van der Waals surface area contributed by atoms with E-state index >= 15 is 0 Å². The Morgan fingerprint density at radius 2 is 1.85 bits per heavy atom. The molecule has 0 bridgehead atoms. The van der Waals surface area contributed by atoms with Crippen LogP contribution in [0.15, 0.2) is 65.6 Å². The average Bonchev–Trinajstić information content (AvgIpc) is 2.92. The maximum atomic E-state index is 14.4. The van der Waals surface area contributed by atoms with Crippen molar-refractivity contribution < 1.29 is 35.5 Å². The normalized spacial score (nSPS) is 16.0. The SMILES string of the molecule is COC(=O)CCC1Cc2ccc(C(C)=Cc3c(F)cccc3Cl)cc2N(S(=O)(=O)c2cccc(C(F)(F)F)c2)C1. The van der Waals surface area contributed by atoms with Crippen molar-refractivity contribution >= 4 is 44.9 Å². The summed E-state index contributed by atoms with van der Waals surface area (Å²) in [6.45, 7) is 1.67. The number of methoxy groups -OCH3 is 1. The van der Waals surface area contributed by atoms with E-state index in [-0.39, 0.29) is 29.5 Å². The highest BCUT2D eigenvalue weighted by atomic mass is 35.5. The van der Waals surface area contributed by atoms with Crippen molar-refractivity contribution in [1.82, 2.24) is 0 Å². The van der Waals surface area contributed by atoms with Crippen LogP contribution in [0.2, 0.25) is 5.02 Å². The van der Waals surface area contributed by atoms with E-state index in [1.807, 2.05) is 0 Å². The lowest BCUT2D eigenvalue weighted by Crippen LogP contribution is -2.40. The number of alkyl halides is 3. The minimum Gasteiger partial charge on any atom is -0.469 e. The molecule has 212 valence electrons. The van der Waals surface area contributed by atoms with E-state index in [9.17, 15) is 30.8 Å². The highest BCUT2D eigenvalue weighted by molar-refractivity contribution is 7.92. The summed E-state index contributed by atoms with van der Waals surface area (Å²) in [5.74, 6) is -1.25. The number of rotatable bonds is 7. The van der Waals surface area contributed by atoms with Crippen LogP contribution in [0.3, 0.4) is 0 Å². The summed E-state index contributed by atoms with van der Waals surface area (Å²) >= 11 is 6.17. The summed E-state index contributed by atoms with van der Waals surface area (Å²) in [7, 11) is -3.17. The second-order valence-electron chi connectivity index (χ2n) is 9.55. The van der Waals surface area contributed by atoms with Gasteiger partial charge in [0.15, 0.2) is 0 Å². The van der Waals surface area contributed by atoms with Gasteiger partial charge in [0.1, 0.15) is 5.82 Å². The van der Waals surface area contributed by atoms with Crippen molar-refractivity contribution in [2.45, 2.75) is 37.3 Å². The van der Waals surface area contributed by atoms with Gasteiger partial charge in [-0.1, -0.05) is 35.9 Å². The topological polar surface area (TPSA) is 63.7 Å². The fourth-order valence-corrected chi connectivity index (χ4v) is 6.51. The van der Waals surface area contributed by atoms with E-state index in [4.69, 9.17) is 16.3 Å². The van der Waals surface area contributed by atoms with Crippen LogP contribution in [0, 0.1) is 11.7 Å². The summed E-state index contributed by atoms with van der Waals surface area (Å²) in [4.78, 5) is 11.2. The number of benzene rings is 3. The standard InChI is InChI=1S/C29H26ClF4NO4S/c1-18(13-24-25(30)7-4-8-26(24)31)20-10-11-21-14-19(9-12-28(36)39-2)17-35(27(21)15-20)40(37,38)23-6-3-5-22(16-23)29(32,33)34/h3-8,10-11,13,15-16,19H,9,12,14,17H2,1-2H3. The van der Waals surface area contributed by atoms with E-state index < -0.39 is 38.4 Å². The molecule has 0 amide bonds. The Balaban J connectivity index is 1.79. The number of fused-ring (bicyclic) bond motifs is 1. The Labute approximate surface area is 235 Å². The zero-order valence-electron chi connectivity index (χ0n) is 21.6. The minimum absolute atomic E-state index is 0.0477. The van der Waals surface area contributed by atoms with Crippen LogP contribution in [-0.4, -0.2) is 28.0 Å². The van der Waals surface area contributed by atoms with Crippen LogP contribution in [-0.2, 0) is 32.2 Å². The molecule has 0 spiro atoms. The molecule has 40 heavy (non-hydrogen) atoms. The molecule has 11 heteroatoms. The van der Waals surface area contributed by atoms with Gasteiger partial charge in [0, 0.05) is 18.5 Å². The number of ether oxygens (including phenoxy) is 1. The lowest BCUT2D eigenvalue weighted by Gasteiger charge is -2.36. The Morgan fingerprint density at radius 1 is 1.12 bits per heavy atom. The molecule has 1 aliphatic heterocycles. The van der Waals surface area contributed by atoms with Crippen molar-refractivity contribution in [2.24, 2.45) is 5.92 Å². The number of halogens is 5. The Kier molecular flexibility index (Phi) is 8.60. The number of carbonyl (C=O) groups is 1. The molecule has 1 aliphatic rings. The molecule has 5 nitrogen and oxygen atoms in total. The van der Waals surface area contributed by atoms with Gasteiger partial charge in [-0.05, 0) is 84.9 Å². The molecular formula is C29H26ClF4NO4S. The molecule has 0 aromatic heterocycles. The average molecular weight is 596 g/mol. The van der Waals surface area contributed by atoms with Gasteiger partial charge < -0.3 is 4.74 Å². The number of nitrogens with zero attached hydrogens (tertiary/aromatic N) is 1. The van der Waals surface area contributed by atoms with Gasteiger partial charge >= 0.3 is 12.1 Å². The van der Waals surface area contributed by atoms with Crippen molar-refractivity contribution in [3.8, 4) is 0 Å². The number of hydrogen-bond donors (Lipinski definition) is 0. The maximum Gasteiger partial charge on any atom is 0.416 e. The zero-order valence-corrected chi connectivity index (χ0v) is 23.2. The number of hydrogen-bond acceptors (Lipinski definition) is 4. The van der Waals surface area contributed by atoms with E-state index in [2.05, 4.69) is 0 Å². The summed E-state index contributed by atoms with van der Waals surface area (Å²) in [5.41, 5.74) is 1.22. The lowest BCUT2D eigenvalue weighted by molar-refractivity contribution is -0.141. The maximum absolute atomic E-state index is 14.4. The molecule has 0 aliphatic carbocycles. The van der Waals surface area contributed by atoms with Gasteiger partial charge in [-0.15, -0.1) is 0 Å². The van der Waals surface area contributed by atoms with Gasteiger partial charge in [0.25, 0.3) is 10.0 Å². The van der Waals surface area contributed by atoms with Crippen LogP contribution >= 0.6 is 11.6 Å². The van der Waals surface area contributed by atoms with E-state index in [0.29, 0.717) is 41.3 Å². The van der Waals surface area contributed by atoms with Crippen molar-refractivity contribution in [3.63, 3.8) is 0 Å². The smallest absolute Gasteiger partial charge is 0.416 e. The lowest BCUT2D eigenvalue weighted by atomic mass is 9.89.